The van der Waals surface area contributed by atoms with Gasteiger partial charge in [0.1, 0.15) is 5.41 Å². The first-order chi connectivity index (χ1) is 10.8. The largest absolute Gasteiger partial charge is 0.325 e. The molecule has 0 saturated heterocycles. The van der Waals surface area contributed by atoms with Crippen molar-refractivity contribution in [1.82, 2.24) is 0 Å². The van der Waals surface area contributed by atoms with Crippen molar-refractivity contribution in [3.63, 3.8) is 0 Å². The maximum Gasteiger partial charge on any atom is 0.241 e. The van der Waals surface area contributed by atoms with Crippen LogP contribution in [-0.4, -0.2) is 18.9 Å². The van der Waals surface area contributed by atoms with Gasteiger partial charge in [-0.15, -0.1) is 0 Å². The van der Waals surface area contributed by atoms with Gasteiger partial charge < -0.3 is 10.2 Å². The van der Waals surface area contributed by atoms with Crippen molar-refractivity contribution in [2.45, 2.75) is 13.8 Å². The van der Waals surface area contributed by atoms with E-state index in [0.717, 1.165) is 5.69 Å². The highest BCUT2D eigenvalue weighted by Crippen LogP contribution is 2.25. The molecule has 0 aromatic heterocycles. The molecule has 4 nitrogen and oxygen atoms in total. The smallest absolute Gasteiger partial charge is 0.241 e. The molecule has 0 bridgehead atoms. The number of carbonyl (C=O) groups excluding carboxylic acids is 2. The molecular weight excluding hydrogens is 312 g/mol. The molecule has 2 amide bonds. The van der Waals surface area contributed by atoms with Gasteiger partial charge in [0.05, 0.1) is 0 Å². The third kappa shape index (κ3) is 3.90. The van der Waals surface area contributed by atoms with E-state index in [4.69, 9.17) is 11.6 Å². The summed E-state index contributed by atoms with van der Waals surface area (Å²) in [5, 5.41) is 3.34. The number of halogens is 1. The van der Waals surface area contributed by atoms with E-state index in [2.05, 4.69) is 5.32 Å². The molecule has 0 unspecified atom stereocenters. The van der Waals surface area contributed by atoms with Crippen LogP contribution in [0.3, 0.4) is 0 Å². The first kappa shape index (κ1) is 17.0. The summed E-state index contributed by atoms with van der Waals surface area (Å²) in [5.74, 6) is -0.650. The van der Waals surface area contributed by atoms with Gasteiger partial charge in [0.25, 0.3) is 0 Å². The minimum absolute atomic E-state index is 0.282. The molecule has 2 aromatic rings. The lowest BCUT2D eigenvalue weighted by atomic mass is 9.90. The molecule has 0 radical (unpaired) electrons. The Hall–Kier alpha value is -2.33. The molecule has 5 heteroatoms. The predicted octanol–water partition coefficient (Wildman–Crippen LogP) is 3.97. The van der Waals surface area contributed by atoms with Gasteiger partial charge in [-0.3, -0.25) is 9.59 Å². The zero-order chi connectivity index (χ0) is 17.0. The van der Waals surface area contributed by atoms with Crippen molar-refractivity contribution < 1.29 is 9.59 Å². The molecule has 0 atom stereocenters. The average molecular weight is 331 g/mol. The monoisotopic (exact) mass is 330 g/mol. The van der Waals surface area contributed by atoms with Crippen molar-refractivity contribution in [3.05, 3.63) is 59.6 Å². The molecule has 0 aliphatic rings. The lowest BCUT2D eigenvalue weighted by Gasteiger charge is -2.28. The van der Waals surface area contributed by atoms with Crippen molar-refractivity contribution in [2.24, 2.45) is 5.41 Å². The first-order valence-electron chi connectivity index (χ1n) is 7.22. The summed E-state index contributed by atoms with van der Waals surface area (Å²) in [7, 11) is 1.66. The summed E-state index contributed by atoms with van der Waals surface area (Å²) in [4.78, 5) is 26.7. The summed E-state index contributed by atoms with van der Waals surface area (Å²) in [5.41, 5.74) is 0.136. The van der Waals surface area contributed by atoms with Crippen LogP contribution < -0.4 is 10.2 Å². The van der Waals surface area contributed by atoms with Crippen LogP contribution in [0.15, 0.2) is 54.6 Å². The van der Waals surface area contributed by atoms with Crippen LogP contribution >= 0.6 is 11.6 Å². The van der Waals surface area contributed by atoms with E-state index in [1.807, 2.05) is 30.3 Å². The van der Waals surface area contributed by atoms with Gasteiger partial charge >= 0.3 is 0 Å². The maximum absolute atomic E-state index is 12.7. The Kier molecular flexibility index (Phi) is 5.06. The fraction of sp³-hybridized carbons (Fsp3) is 0.222. The molecule has 2 rings (SSSR count). The molecule has 0 heterocycles. The third-order valence-electron chi connectivity index (χ3n) is 3.65. The van der Waals surface area contributed by atoms with Gasteiger partial charge in [-0.05, 0) is 50.2 Å². The quantitative estimate of drug-likeness (QED) is 0.862. The number of amides is 2. The van der Waals surface area contributed by atoms with E-state index in [-0.39, 0.29) is 11.8 Å². The lowest BCUT2D eigenvalue weighted by Crippen LogP contribution is -2.46. The first-order valence-corrected chi connectivity index (χ1v) is 7.60. The van der Waals surface area contributed by atoms with Gasteiger partial charge in [-0.2, -0.15) is 0 Å². The summed E-state index contributed by atoms with van der Waals surface area (Å²) in [6.45, 7) is 3.22. The topological polar surface area (TPSA) is 49.4 Å². The average Bonchev–Trinajstić information content (AvgIpc) is 2.56. The van der Waals surface area contributed by atoms with Crippen LogP contribution in [0.2, 0.25) is 5.02 Å². The van der Waals surface area contributed by atoms with Gasteiger partial charge in [0.2, 0.25) is 11.8 Å². The maximum atomic E-state index is 12.7. The number of carbonyl (C=O) groups is 2. The molecule has 0 fully saturated rings. The second-order valence-electron chi connectivity index (χ2n) is 5.79. The molecule has 0 aliphatic heterocycles. The van der Waals surface area contributed by atoms with E-state index < -0.39 is 5.41 Å². The van der Waals surface area contributed by atoms with Crippen molar-refractivity contribution in [2.75, 3.05) is 17.3 Å². The Morgan fingerprint density at radius 1 is 1.00 bits per heavy atom. The molecule has 120 valence electrons. The number of nitrogens with zero attached hydrogens (tertiary/aromatic N) is 1. The zero-order valence-corrected chi connectivity index (χ0v) is 14.1. The van der Waals surface area contributed by atoms with E-state index in [1.165, 1.54) is 4.90 Å². The molecule has 0 spiro atoms. The second kappa shape index (κ2) is 6.84. The molecule has 0 aliphatic carbocycles. The van der Waals surface area contributed by atoms with Gasteiger partial charge in [0, 0.05) is 23.4 Å². The Labute approximate surface area is 141 Å². The number of anilines is 2. The SMILES string of the molecule is CN(C(=O)C(C)(C)C(=O)Nc1ccc(Cl)cc1)c1ccccc1. The third-order valence-corrected chi connectivity index (χ3v) is 3.90. The Morgan fingerprint density at radius 2 is 1.57 bits per heavy atom. The Bertz CT molecular complexity index is 697. The van der Waals surface area contributed by atoms with Crippen LogP contribution in [0, 0.1) is 5.41 Å². The lowest BCUT2D eigenvalue weighted by molar-refractivity contribution is -0.136. The standard InChI is InChI=1S/C18H19ClN2O2/c1-18(2,16(22)20-14-11-9-13(19)10-12-14)17(23)21(3)15-7-5-4-6-8-15/h4-12H,1-3H3,(H,20,22). The molecular formula is C18H19ClN2O2. The van der Waals surface area contributed by atoms with Gasteiger partial charge in [-0.25, -0.2) is 0 Å². The van der Waals surface area contributed by atoms with E-state index in [0.29, 0.717) is 10.7 Å². The highest BCUT2D eigenvalue weighted by Gasteiger charge is 2.38. The minimum Gasteiger partial charge on any atom is -0.325 e. The fourth-order valence-corrected chi connectivity index (χ4v) is 2.23. The van der Waals surface area contributed by atoms with Crippen molar-refractivity contribution in [3.8, 4) is 0 Å². The summed E-state index contributed by atoms with van der Waals surface area (Å²) >= 11 is 5.82. The minimum atomic E-state index is -1.20. The molecule has 2 aromatic carbocycles. The van der Waals surface area contributed by atoms with E-state index >= 15 is 0 Å². The second-order valence-corrected chi connectivity index (χ2v) is 6.22. The number of hydrogen-bond donors (Lipinski definition) is 1. The Balaban J connectivity index is 2.14. The number of para-hydroxylation sites is 1. The highest BCUT2D eigenvalue weighted by atomic mass is 35.5. The van der Waals surface area contributed by atoms with Gasteiger partial charge in [-0.1, -0.05) is 29.8 Å². The van der Waals surface area contributed by atoms with Gasteiger partial charge in [0.15, 0.2) is 0 Å². The fourth-order valence-electron chi connectivity index (χ4n) is 2.11. The highest BCUT2D eigenvalue weighted by molar-refractivity contribution is 6.30. The van der Waals surface area contributed by atoms with E-state index in [9.17, 15) is 9.59 Å². The molecule has 0 saturated carbocycles. The molecule has 23 heavy (non-hydrogen) atoms. The predicted molar refractivity (Wildman–Crippen MR) is 93.7 cm³/mol. The number of rotatable bonds is 4. The van der Waals surface area contributed by atoms with Crippen LogP contribution in [-0.2, 0) is 9.59 Å². The van der Waals surface area contributed by atoms with Crippen molar-refractivity contribution in [1.29, 1.82) is 0 Å². The normalized spacial score (nSPS) is 11.0. The van der Waals surface area contributed by atoms with Crippen molar-refractivity contribution >= 4 is 34.8 Å². The van der Waals surface area contributed by atoms with Crippen LogP contribution in [0.5, 0.6) is 0 Å². The summed E-state index contributed by atoms with van der Waals surface area (Å²) in [6.07, 6.45) is 0. The molecule has 1 N–H and O–H groups in total. The van der Waals surface area contributed by atoms with Crippen LogP contribution in [0.1, 0.15) is 13.8 Å². The van der Waals surface area contributed by atoms with E-state index in [1.54, 1.807) is 45.2 Å². The zero-order valence-electron chi connectivity index (χ0n) is 13.3. The number of benzene rings is 2. The summed E-state index contributed by atoms with van der Waals surface area (Å²) in [6, 6.07) is 16.0. The Morgan fingerprint density at radius 3 is 2.13 bits per heavy atom. The van der Waals surface area contributed by atoms with Crippen LogP contribution in [0.4, 0.5) is 11.4 Å². The van der Waals surface area contributed by atoms with Crippen LogP contribution in [0.25, 0.3) is 0 Å². The summed E-state index contributed by atoms with van der Waals surface area (Å²) < 4.78 is 0. The number of hydrogen-bond acceptors (Lipinski definition) is 2. The number of nitrogens with one attached hydrogen (secondary N) is 1.